The zero-order valence-electron chi connectivity index (χ0n) is 14.2. The van der Waals surface area contributed by atoms with Gasteiger partial charge in [-0.15, -0.1) is 0 Å². The molecule has 0 fully saturated rings. The molecule has 5 nitrogen and oxygen atoms in total. The van der Waals surface area contributed by atoms with Crippen LogP contribution in [0.1, 0.15) is 36.1 Å². The highest BCUT2D eigenvalue weighted by atomic mass is 32.2. The number of ether oxygens (including phenoxy) is 1. The quantitative estimate of drug-likeness (QED) is 0.822. The molecule has 0 atom stereocenters. The SMILES string of the molecule is Cc1cc(C2=NC(C)(C)Oc3cc(CN[SH](=O)=O)ccc32)ccc1F. The van der Waals surface area contributed by atoms with Crippen molar-refractivity contribution in [3.05, 3.63) is 64.5 Å². The number of hydrogen-bond donors (Lipinski definition) is 2. The molecule has 1 heterocycles. The summed E-state index contributed by atoms with van der Waals surface area (Å²) in [6.07, 6.45) is 0. The molecule has 0 spiro atoms. The lowest BCUT2D eigenvalue weighted by molar-refractivity contribution is 0.115. The van der Waals surface area contributed by atoms with Gasteiger partial charge < -0.3 is 4.74 Å². The lowest BCUT2D eigenvalue weighted by Crippen LogP contribution is -2.32. The fraction of sp³-hybridized carbons (Fsp3) is 0.278. The Balaban J connectivity index is 2.05. The number of aryl methyl sites for hydroxylation is 1. The van der Waals surface area contributed by atoms with Crippen molar-refractivity contribution in [2.45, 2.75) is 33.0 Å². The Bertz CT molecular complexity index is 928. The molecule has 0 aromatic heterocycles. The highest BCUT2D eigenvalue weighted by Crippen LogP contribution is 2.33. The number of thiol groups is 1. The van der Waals surface area contributed by atoms with Crippen LogP contribution >= 0.6 is 0 Å². The summed E-state index contributed by atoms with van der Waals surface area (Å²) in [5, 5.41) is 0. The highest BCUT2D eigenvalue weighted by molar-refractivity contribution is 7.70. The van der Waals surface area contributed by atoms with E-state index in [0.29, 0.717) is 11.3 Å². The van der Waals surface area contributed by atoms with E-state index in [9.17, 15) is 12.8 Å². The monoisotopic (exact) mass is 362 g/mol. The summed E-state index contributed by atoms with van der Waals surface area (Å²) in [7, 11) is -2.66. The van der Waals surface area contributed by atoms with E-state index in [1.807, 2.05) is 26.0 Å². The van der Waals surface area contributed by atoms with Crippen molar-refractivity contribution < 1.29 is 17.5 Å². The van der Waals surface area contributed by atoms with Gasteiger partial charge in [-0.3, -0.25) is 0 Å². The zero-order chi connectivity index (χ0) is 18.2. The lowest BCUT2D eigenvalue weighted by Gasteiger charge is -2.30. The molecule has 0 saturated heterocycles. The molecule has 1 aliphatic heterocycles. The maximum Gasteiger partial charge on any atom is 0.201 e. The van der Waals surface area contributed by atoms with Crippen LogP contribution in [0.5, 0.6) is 5.75 Å². The Morgan fingerprint density at radius 3 is 2.64 bits per heavy atom. The lowest BCUT2D eigenvalue weighted by atomic mass is 9.96. The molecule has 0 amide bonds. The van der Waals surface area contributed by atoms with Gasteiger partial charge in [0.1, 0.15) is 11.6 Å². The van der Waals surface area contributed by atoms with E-state index in [1.54, 1.807) is 25.1 Å². The fourth-order valence-electron chi connectivity index (χ4n) is 2.75. The summed E-state index contributed by atoms with van der Waals surface area (Å²) in [5.74, 6) is 0.362. The summed E-state index contributed by atoms with van der Waals surface area (Å²) in [5.41, 5.74) is 2.88. The van der Waals surface area contributed by atoms with Gasteiger partial charge in [0, 0.05) is 17.7 Å². The maximum absolute atomic E-state index is 13.6. The first-order valence-electron chi connectivity index (χ1n) is 7.82. The van der Waals surface area contributed by atoms with Crippen LogP contribution in [0.4, 0.5) is 4.39 Å². The molecule has 2 aromatic rings. The predicted octanol–water partition coefficient (Wildman–Crippen LogP) is 2.72. The first-order chi connectivity index (χ1) is 11.7. The topological polar surface area (TPSA) is 67.8 Å². The Kier molecular flexibility index (Phi) is 4.62. The zero-order valence-corrected chi connectivity index (χ0v) is 15.1. The molecule has 0 saturated carbocycles. The second-order valence-electron chi connectivity index (χ2n) is 6.40. The molecule has 7 heteroatoms. The van der Waals surface area contributed by atoms with Crippen molar-refractivity contribution in [1.82, 2.24) is 4.72 Å². The number of benzene rings is 2. The number of hydrogen-bond acceptors (Lipinski definition) is 4. The van der Waals surface area contributed by atoms with Gasteiger partial charge in [0.25, 0.3) is 0 Å². The molecule has 3 rings (SSSR count). The third-order valence-electron chi connectivity index (χ3n) is 3.89. The standard InChI is InChI=1S/C18H19FN2O3S/c1-11-8-13(5-7-15(11)19)17-14-6-4-12(10-20-25(22)23)9-16(14)24-18(2,3)21-17/h4-9,25H,10H2,1-3H3,(H,20,22,23). The van der Waals surface area contributed by atoms with Crippen molar-refractivity contribution in [3.8, 4) is 5.75 Å². The van der Waals surface area contributed by atoms with Crippen LogP contribution in [-0.2, 0) is 17.4 Å². The van der Waals surface area contributed by atoms with Gasteiger partial charge in [0.2, 0.25) is 10.9 Å². The number of fused-ring (bicyclic) bond motifs is 1. The minimum Gasteiger partial charge on any atom is -0.466 e. The molecule has 0 radical (unpaired) electrons. The number of halogens is 1. The molecule has 0 unspecified atom stereocenters. The van der Waals surface area contributed by atoms with Crippen molar-refractivity contribution in [3.63, 3.8) is 0 Å². The normalized spacial score (nSPS) is 15.5. The highest BCUT2D eigenvalue weighted by Gasteiger charge is 2.29. The second kappa shape index (κ2) is 6.57. The smallest absolute Gasteiger partial charge is 0.201 e. The number of rotatable bonds is 4. The number of nitrogens with zero attached hydrogens (tertiary/aromatic N) is 1. The number of nitrogens with one attached hydrogen (secondary N) is 1. The van der Waals surface area contributed by atoms with Gasteiger partial charge in [-0.05, 0) is 62.2 Å². The first kappa shape index (κ1) is 17.6. The summed E-state index contributed by atoms with van der Waals surface area (Å²) in [6.45, 7) is 5.58. The van der Waals surface area contributed by atoms with E-state index < -0.39 is 16.6 Å². The van der Waals surface area contributed by atoms with Crippen LogP contribution in [0, 0.1) is 12.7 Å². The van der Waals surface area contributed by atoms with Crippen LogP contribution in [-0.4, -0.2) is 19.9 Å². The van der Waals surface area contributed by atoms with E-state index in [1.165, 1.54) is 6.07 Å². The molecular formula is C18H19FN2O3S. The number of aliphatic imine (C=N–C) groups is 1. The minimum absolute atomic E-state index is 0.192. The molecule has 0 bridgehead atoms. The summed E-state index contributed by atoms with van der Waals surface area (Å²) in [6, 6.07) is 10.3. The van der Waals surface area contributed by atoms with E-state index in [2.05, 4.69) is 9.71 Å². The molecule has 2 aromatic carbocycles. The fourth-order valence-corrected chi connectivity index (χ4v) is 3.06. The molecule has 132 valence electrons. The Morgan fingerprint density at radius 2 is 1.96 bits per heavy atom. The summed E-state index contributed by atoms with van der Waals surface area (Å²) < 4.78 is 43.3. The third kappa shape index (κ3) is 3.88. The van der Waals surface area contributed by atoms with E-state index in [4.69, 9.17) is 4.74 Å². The van der Waals surface area contributed by atoms with Gasteiger partial charge in [0.05, 0.1) is 5.71 Å². The van der Waals surface area contributed by atoms with Gasteiger partial charge in [-0.2, -0.15) is 0 Å². The molecule has 0 aliphatic carbocycles. The molecular weight excluding hydrogens is 343 g/mol. The minimum atomic E-state index is -2.66. The van der Waals surface area contributed by atoms with E-state index in [0.717, 1.165) is 22.4 Å². The first-order valence-corrected chi connectivity index (χ1v) is 8.99. The summed E-state index contributed by atoms with van der Waals surface area (Å²) in [4.78, 5) is 4.66. The Labute approximate surface area is 147 Å². The van der Waals surface area contributed by atoms with Crippen LogP contribution in [0.25, 0.3) is 0 Å². The van der Waals surface area contributed by atoms with Crippen molar-refractivity contribution >= 4 is 16.6 Å². The predicted molar refractivity (Wildman–Crippen MR) is 95.1 cm³/mol. The average Bonchev–Trinajstić information content (AvgIpc) is 2.53. The van der Waals surface area contributed by atoms with E-state index in [-0.39, 0.29) is 12.4 Å². The van der Waals surface area contributed by atoms with Crippen LogP contribution < -0.4 is 9.46 Å². The van der Waals surface area contributed by atoms with Gasteiger partial charge in [-0.1, -0.05) is 6.07 Å². The van der Waals surface area contributed by atoms with Gasteiger partial charge >= 0.3 is 0 Å². The van der Waals surface area contributed by atoms with Gasteiger partial charge in [0.15, 0.2) is 5.72 Å². The largest absolute Gasteiger partial charge is 0.466 e. The molecule has 25 heavy (non-hydrogen) atoms. The molecule has 1 aliphatic rings. The van der Waals surface area contributed by atoms with Crippen LogP contribution in [0.3, 0.4) is 0 Å². The molecule has 1 N–H and O–H groups in total. The second-order valence-corrected chi connectivity index (χ2v) is 7.23. The van der Waals surface area contributed by atoms with Crippen LogP contribution in [0.2, 0.25) is 0 Å². The van der Waals surface area contributed by atoms with E-state index >= 15 is 0 Å². The summed E-state index contributed by atoms with van der Waals surface area (Å²) >= 11 is 0. The maximum atomic E-state index is 13.6. The van der Waals surface area contributed by atoms with Crippen LogP contribution in [0.15, 0.2) is 41.4 Å². The Morgan fingerprint density at radius 1 is 1.20 bits per heavy atom. The third-order valence-corrected chi connectivity index (χ3v) is 4.30. The average molecular weight is 362 g/mol. The van der Waals surface area contributed by atoms with Crippen molar-refractivity contribution in [2.75, 3.05) is 0 Å². The van der Waals surface area contributed by atoms with Crippen molar-refractivity contribution in [1.29, 1.82) is 0 Å². The van der Waals surface area contributed by atoms with Gasteiger partial charge in [-0.25, -0.2) is 22.5 Å². The van der Waals surface area contributed by atoms with Crippen molar-refractivity contribution in [2.24, 2.45) is 4.99 Å². The Hall–Kier alpha value is -2.25.